The van der Waals surface area contributed by atoms with Crippen LogP contribution in [0.4, 0.5) is 5.13 Å². The summed E-state index contributed by atoms with van der Waals surface area (Å²) in [5.41, 5.74) is 2.58. The zero-order valence-corrected chi connectivity index (χ0v) is 10.2. The van der Waals surface area contributed by atoms with Gasteiger partial charge < -0.3 is 5.32 Å². The molecular weight excluding hydrogens is 232 g/mol. The summed E-state index contributed by atoms with van der Waals surface area (Å²) < 4.78 is 1.78. The van der Waals surface area contributed by atoms with Gasteiger partial charge in [-0.05, 0) is 18.1 Å². The van der Waals surface area contributed by atoms with Crippen molar-refractivity contribution in [3.63, 3.8) is 0 Å². The van der Waals surface area contributed by atoms with Gasteiger partial charge in [-0.2, -0.15) is 0 Å². The van der Waals surface area contributed by atoms with Crippen LogP contribution in [0.1, 0.15) is 11.1 Å². The van der Waals surface area contributed by atoms with E-state index in [1.54, 1.807) is 22.0 Å². The van der Waals surface area contributed by atoms with Gasteiger partial charge in [-0.1, -0.05) is 35.6 Å². The van der Waals surface area contributed by atoms with Crippen LogP contribution in [-0.4, -0.2) is 14.6 Å². The molecule has 0 fully saturated rings. The second kappa shape index (κ2) is 4.18. The first-order chi connectivity index (χ1) is 8.33. The second-order valence-electron chi connectivity index (χ2n) is 3.84. The van der Waals surface area contributed by atoms with Crippen molar-refractivity contribution in [3.05, 3.63) is 47.8 Å². The lowest BCUT2D eigenvalue weighted by Crippen LogP contribution is -2.01. The molecule has 0 atom stereocenters. The van der Waals surface area contributed by atoms with E-state index in [1.165, 1.54) is 11.1 Å². The van der Waals surface area contributed by atoms with Crippen molar-refractivity contribution in [2.75, 3.05) is 5.32 Å². The van der Waals surface area contributed by atoms with Crippen molar-refractivity contribution >= 4 is 21.4 Å². The Bertz CT molecular complexity index is 612. The van der Waals surface area contributed by atoms with Gasteiger partial charge in [0.15, 0.2) is 0 Å². The van der Waals surface area contributed by atoms with E-state index in [2.05, 4.69) is 46.6 Å². The number of hydrogen-bond acceptors (Lipinski definition) is 4. The summed E-state index contributed by atoms with van der Waals surface area (Å²) in [6, 6.07) is 8.35. The van der Waals surface area contributed by atoms with Crippen LogP contribution in [0, 0.1) is 6.92 Å². The van der Waals surface area contributed by atoms with E-state index < -0.39 is 0 Å². The number of aromatic nitrogens is 3. The van der Waals surface area contributed by atoms with Crippen molar-refractivity contribution in [2.45, 2.75) is 13.5 Å². The summed E-state index contributed by atoms with van der Waals surface area (Å²) in [5, 5.41) is 8.60. The third kappa shape index (κ3) is 2.01. The summed E-state index contributed by atoms with van der Waals surface area (Å²) in [7, 11) is 0. The maximum Gasteiger partial charge on any atom is 0.213 e. The molecule has 0 radical (unpaired) electrons. The summed E-state index contributed by atoms with van der Waals surface area (Å²) in [5.74, 6) is 0. The van der Waals surface area contributed by atoms with Gasteiger partial charge in [-0.3, -0.25) is 0 Å². The van der Waals surface area contributed by atoms with Crippen LogP contribution in [0.15, 0.2) is 36.7 Å². The Morgan fingerprint density at radius 1 is 1.35 bits per heavy atom. The molecule has 0 unspecified atom stereocenters. The van der Waals surface area contributed by atoms with Gasteiger partial charge >= 0.3 is 0 Å². The molecule has 0 saturated carbocycles. The number of benzene rings is 1. The molecule has 86 valence electrons. The van der Waals surface area contributed by atoms with E-state index in [9.17, 15) is 0 Å². The first kappa shape index (κ1) is 10.3. The molecule has 4 nitrogen and oxygen atoms in total. The summed E-state index contributed by atoms with van der Waals surface area (Å²) in [4.78, 5) is 5.11. The number of aryl methyl sites for hydroxylation is 1. The number of nitrogens with zero attached hydrogens (tertiary/aromatic N) is 3. The fraction of sp³-hybridized carbons (Fsp3) is 0.167. The molecule has 3 rings (SSSR count). The molecular formula is C12H12N4S. The predicted molar refractivity (Wildman–Crippen MR) is 69.4 cm³/mol. The van der Waals surface area contributed by atoms with Gasteiger partial charge in [0.05, 0.1) is 6.20 Å². The van der Waals surface area contributed by atoms with Crippen LogP contribution < -0.4 is 5.32 Å². The van der Waals surface area contributed by atoms with Crippen molar-refractivity contribution in [2.24, 2.45) is 0 Å². The molecule has 1 aromatic carbocycles. The number of nitrogens with one attached hydrogen (secondary N) is 1. The van der Waals surface area contributed by atoms with E-state index in [-0.39, 0.29) is 0 Å². The summed E-state index contributed by atoms with van der Waals surface area (Å²) in [6.45, 7) is 2.91. The quantitative estimate of drug-likeness (QED) is 0.770. The first-order valence-corrected chi connectivity index (χ1v) is 6.23. The molecule has 2 aromatic heterocycles. The Hall–Kier alpha value is -1.88. The molecule has 0 aliphatic heterocycles. The second-order valence-corrected chi connectivity index (χ2v) is 4.80. The molecule has 1 N–H and O–H groups in total. The Morgan fingerprint density at radius 3 is 3.06 bits per heavy atom. The van der Waals surface area contributed by atoms with Crippen molar-refractivity contribution < 1.29 is 0 Å². The number of fused-ring (bicyclic) bond motifs is 1. The van der Waals surface area contributed by atoms with Crippen LogP contribution in [0.25, 0.3) is 4.96 Å². The van der Waals surface area contributed by atoms with Gasteiger partial charge in [-0.15, -0.1) is 5.10 Å². The highest BCUT2D eigenvalue weighted by molar-refractivity contribution is 7.20. The lowest BCUT2D eigenvalue weighted by atomic mass is 10.1. The van der Waals surface area contributed by atoms with Gasteiger partial charge in [0, 0.05) is 12.7 Å². The SMILES string of the molecule is Cc1ccccc1CNc1nn2ccnc2s1. The van der Waals surface area contributed by atoms with Crippen molar-refractivity contribution in [1.29, 1.82) is 0 Å². The third-order valence-electron chi connectivity index (χ3n) is 2.67. The monoisotopic (exact) mass is 244 g/mol. The highest BCUT2D eigenvalue weighted by Gasteiger charge is 2.04. The van der Waals surface area contributed by atoms with Crippen LogP contribution in [-0.2, 0) is 6.54 Å². The van der Waals surface area contributed by atoms with Crippen LogP contribution in [0.2, 0.25) is 0 Å². The summed E-state index contributed by atoms with van der Waals surface area (Å²) >= 11 is 1.56. The fourth-order valence-electron chi connectivity index (χ4n) is 1.69. The molecule has 0 aliphatic carbocycles. The van der Waals surface area contributed by atoms with Crippen LogP contribution in [0.3, 0.4) is 0 Å². The molecule has 0 spiro atoms. The third-order valence-corrected chi connectivity index (χ3v) is 3.56. The molecule has 0 aliphatic rings. The smallest absolute Gasteiger partial charge is 0.213 e. The predicted octanol–water partition coefficient (Wildman–Crippen LogP) is 2.71. The van der Waals surface area contributed by atoms with Gasteiger partial charge in [0.2, 0.25) is 10.1 Å². The first-order valence-electron chi connectivity index (χ1n) is 5.41. The molecule has 17 heavy (non-hydrogen) atoms. The minimum atomic E-state index is 0.795. The van der Waals surface area contributed by atoms with Crippen molar-refractivity contribution in [1.82, 2.24) is 14.6 Å². The Labute approximate surface area is 103 Å². The number of hydrogen-bond donors (Lipinski definition) is 1. The minimum absolute atomic E-state index is 0.795. The van der Waals surface area contributed by atoms with E-state index in [4.69, 9.17) is 0 Å². The molecule has 3 aromatic rings. The largest absolute Gasteiger partial charge is 0.356 e. The zero-order chi connectivity index (χ0) is 11.7. The highest BCUT2D eigenvalue weighted by atomic mass is 32.1. The number of imidazole rings is 1. The van der Waals surface area contributed by atoms with Gasteiger partial charge in [0.25, 0.3) is 0 Å². The molecule has 0 amide bonds. The number of rotatable bonds is 3. The average molecular weight is 244 g/mol. The van der Waals surface area contributed by atoms with Gasteiger partial charge in [0.1, 0.15) is 0 Å². The van der Waals surface area contributed by atoms with E-state index in [1.807, 2.05) is 6.20 Å². The highest BCUT2D eigenvalue weighted by Crippen LogP contribution is 2.18. The molecule has 0 bridgehead atoms. The topological polar surface area (TPSA) is 42.2 Å². The lowest BCUT2D eigenvalue weighted by Gasteiger charge is -2.05. The normalized spacial score (nSPS) is 10.9. The zero-order valence-electron chi connectivity index (χ0n) is 9.42. The van der Waals surface area contributed by atoms with Crippen LogP contribution in [0.5, 0.6) is 0 Å². The number of anilines is 1. The fourth-order valence-corrected chi connectivity index (χ4v) is 2.44. The molecule has 2 heterocycles. The maximum absolute atomic E-state index is 4.38. The van der Waals surface area contributed by atoms with E-state index in [0.29, 0.717) is 0 Å². The van der Waals surface area contributed by atoms with Crippen molar-refractivity contribution in [3.8, 4) is 0 Å². The maximum atomic E-state index is 4.38. The molecule has 5 heteroatoms. The molecule has 0 saturated heterocycles. The Balaban J connectivity index is 1.76. The average Bonchev–Trinajstić information content (AvgIpc) is 2.88. The minimum Gasteiger partial charge on any atom is -0.356 e. The Kier molecular flexibility index (Phi) is 2.53. The van der Waals surface area contributed by atoms with E-state index >= 15 is 0 Å². The van der Waals surface area contributed by atoms with Gasteiger partial charge in [-0.25, -0.2) is 9.50 Å². The van der Waals surface area contributed by atoms with Crippen LogP contribution >= 0.6 is 11.3 Å². The standard InChI is InChI=1S/C12H12N4S/c1-9-4-2-3-5-10(9)8-14-11-15-16-7-6-13-12(16)17-11/h2-7H,8H2,1H3,(H,14,15). The lowest BCUT2D eigenvalue weighted by molar-refractivity contribution is 0.960. The van der Waals surface area contributed by atoms with E-state index in [0.717, 1.165) is 16.6 Å². The Morgan fingerprint density at radius 2 is 2.24 bits per heavy atom. The summed E-state index contributed by atoms with van der Waals surface area (Å²) in [6.07, 6.45) is 3.61.